The molecule has 0 fully saturated rings. The van der Waals surface area contributed by atoms with Gasteiger partial charge < -0.3 is 10.1 Å². The molecule has 0 radical (unpaired) electrons. The molecule has 1 N–H and O–H groups in total. The molecule has 0 saturated carbocycles. The fourth-order valence-corrected chi connectivity index (χ4v) is 1.18. The number of aryl methyl sites for hydroxylation is 1. The van der Waals surface area contributed by atoms with Crippen LogP contribution in [0.4, 0.5) is 5.95 Å². The summed E-state index contributed by atoms with van der Waals surface area (Å²) >= 11 is 0. The molecular weight excluding hydrogens is 218 g/mol. The number of hydrogen-bond donors (Lipinski definition) is 1. The van der Waals surface area contributed by atoms with Gasteiger partial charge in [0.2, 0.25) is 5.95 Å². The number of nitrogens with zero attached hydrogens (tertiary/aromatic N) is 2. The third-order valence-electron chi connectivity index (χ3n) is 2.07. The van der Waals surface area contributed by atoms with Gasteiger partial charge in [-0.25, -0.2) is 14.8 Å². The predicted octanol–water partition coefficient (Wildman–Crippen LogP) is 1.40. The maximum absolute atomic E-state index is 11.5. The normalized spacial score (nSPS) is 11.4. The van der Waals surface area contributed by atoms with E-state index in [0.29, 0.717) is 23.8 Å². The van der Waals surface area contributed by atoms with Crippen LogP contribution in [-0.2, 0) is 4.74 Å². The smallest absolute Gasteiger partial charge is 0.341 e. The highest BCUT2D eigenvalue weighted by Crippen LogP contribution is 2.09. The third kappa shape index (κ3) is 3.45. The van der Waals surface area contributed by atoms with Gasteiger partial charge in [0.05, 0.1) is 23.9 Å². The van der Waals surface area contributed by atoms with E-state index in [4.69, 9.17) is 11.2 Å². The van der Waals surface area contributed by atoms with Crippen molar-refractivity contribution in [2.24, 2.45) is 0 Å². The molecule has 1 aromatic rings. The van der Waals surface area contributed by atoms with E-state index in [1.807, 2.05) is 6.92 Å². The first-order valence-electron chi connectivity index (χ1n) is 5.32. The van der Waals surface area contributed by atoms with Crippen molar-refractivity contribution in [2.75, 3.05) is 11.9 Å². The molecule has 17 heavy (non-hydrogen) atoms. The van der Waals surface area contributed by atoms with Crippen molar-refractivity contribution in [3.05, 3.63) is 17.5 Å². The summed E-state index contributed by atoms with van der Waals surface area (Å²) in [4.78, 5) is 19.7. The van der Waals surface area contributed by atoms with Crippen LogP contribution in [-0.4, -0.2) is 28.6 Å². The monoisotopic (exact) mass is 233 g/mol. The zero-order valence-electron chi connectivity index (χ0n) is 10.2. The number of nitrogens with one attached hydrogen (secondary N) is 1. The molecule has 0 aromatic carbocycles. The predicted molar refractivity (Wildman–Crippen MR) is 64.6 cm³/mol. The summed E-state index contributed by atoms with van der Waals surface area (Å²) in [6.07, 6.45) is 6.67. The lowest BCUT2D eigenvalue weighted by atomic mass is 10.2. The SMILES string of the molecule is C#CC(C)Nc1ncc(C(=O)OCC)c(C)n1. The highest BCUT2D eigenvalue weighted by Gasteiger charge is 2.12. The molecule has 1 rings (SSSR count). The molecule has 0 saturated heterocycles. The first kappa shape index (κ1) is 13.0. The van der Waals surface area contributed by atoms with Crippen LogP contribution in [0.5, 0.6) is 0 Å². The van der Waals surface area contributed by atoms with Gasteiger partial charge in [-0.3, -0.25) is 0 Å². The van der Waals surface area contributed by atoms with Crippen molar-refractivity contribution in [1.29, 1.82) is 0 Å². The minimum Gasteiger partial charge on any atom is -0.462 e. The van der Waals surface area contributed by atoms with Crippen molar-refractivity contribution >= 4 is 11.9 Å². The Morgan fingerprint density at radius 2 is 2.41 bits per heavy atom. The minimum absolute atomic E-state index is 0.164. The Balaban J connectivity index is 2.87. The number of aromatic nitrogens is 2. The second-order valence-electron chi connectivity index (χ2n) is 3.45. The molecule has 1 atom stereocenters. The van der Waals surface area contributed by atoms with Crippen molar-refractivity contribution < 1.29 is 9.53 Å². The molecule has 0 aliphatic rings. The number of rotatable bonds is 4. The lowest BCUT2D eigenvalue weighted by Gasteiger charge is -2.09. The van der Waals surface area contributed by atoms with Gasteiger partial charge in [0.1, 0.15) is 0 Å². The second-order valence-corrected chi connectivity index (χ2v) is 3.45. The van der Waals surface area contributed by atoms with Gasteiger partial charge in [0, 0.05) is 6.20 Å². The summed E-state index contributed by atoms with van der Waals surface area (Å²) in [5.74, 6) is 2.50. The van der Waals surface area contributed by atoms with Crippen molar-refractivity contribution in [3.8, 4) is 12.3 Å². The van der Waals surface area contributed by atoms with Gasteiger partial charge >= 0.3 is 5.97 Å². The van der Waals surface area contributed by atoms with Crippen molar-refractivity contribution in [1.82, 2.24) is 9.97 Å². The number of terminal acetylenes is 1. The quantitative estimate of drug-likeness (QED) is 0.629. The first-order chi connectivity index (χ1) is 8.08. The Labute approximate surface area is 101 Å². The summed E-state index contributed by atoms with van der Waals surface area (Å²) in [5.41, 5.74) is 0.927. The average Bonchev–Trinajstić information content (AvgIpc) is 2.29. The molecule has 0 aliphatic heterocycles. The molecule has 0 spiro atoms. The maximum atomic E-state index is 11.5. The van der Waals surface area contributed by atoms with Crippen LogP contribution in [0.3, 0.4) is 0 Å². The van der Waals surface area contributed by atoms with Gasteiger partial charge in [0.15, 0.2) is 0 Å². The summed E-state index contributed by atoms with van der Waals surface area (Å²) in [6.45, 7) is 5.61. The number of esters is 1. The summed E-state index contributed by atoms with van der Waals surface area (Å²) in [6, 6.07) is -0.164. The number of ether oxygens (including phenoxy) is 1. The van der Waals surface area contributed by atoms with Crippen LogP contribution < -0.4 is 5.32 Å². The van der Waals surface area contributed by atoms with Crippen LogP contribution in [0.1, 0.15) is 29.9 Å². The maximum Gasteiger partial charge on any atom is 0.341 e. The van der Waals surface area contributed by atoms with E-state index in [1.165, 1.54) is 6.20 Å². The highest BCUT2D eigenvalue weighted by atomic mass is 16.5. The first-order valence-corrected chi connectivity index (χ1v) is 5.32. The fourth-order valence-electron chi connectivity index (χ4n) is 1.18. The molecular formula is C12H15N3O2. The van der Waals surface area contributed by atoms with E-state index in [-0.39, 0.29) is 6.04 Å². The second kappa shape index (κ2) is 5.85. The zero-order valence-corrected chi connectivity index (χ0v) is 10.2. The van der Waals surface area contributed by atoms with Gasteiger partial charge in [-0.2, -0.15) is 0 Å². The standard InChI is InChI=1S/C12H15N3O2/c1-5-8(3)14-12-13-7-10(9(4)15-12)11(16)17-6-2/h1,7-8H,6H2,2-4H3,(H,13,14,15). The van der Waals surface area contributed by atoms with Gasteiger partial charge in [-0.15, -0.1) is 6.42 Å². The largest absolute Gasteiger partial charge is 0.462 e. The third-order valence-corrected chi connectivity index (χ3v) is 2.07. The summed E-state index contributed by atoms with van der Waals surface area (Å²) < 4.78 is 4.88. The fraction of sp³-hybridized carbons (Fsp3) is 0.417. The molecule has 5 nitrogen and oxygen atoms in total. The van der Waals surface area contributed by atoms with E-state index >= 15 is 0 Å². The summed E-state index contributed by atoms with van der Waals surface area (Å²) in [5, 5.41) is 2.92. The van der Waals surface area contributed by atoms with Crippen LogP contribution in [0.15, 0.2) is 6.20 Å². The molecule has 1 aromatic heterocycles. The van der Waals surface area contributed by atoms with Gasteiger partial charge in [0.25, 0.3) is 0 Å². The molecule has 5 heteroatoms. The van der Waals surface area contributed by atoms with Crippen molar-refractivity contribution in [3.63, 3.8) is 0 Å². The number of carbonyl (C=O) groups is 1. The minimum atomic E-state index is -0.415. The zero-order chi connectivity index (χ0) is 12.8. The Hall–Kier alpha value is -2.09. The van der Waals surface area contributed by atoms with Crippen LogP contribution >= 0.6 is 0 Å². The average molecular weight is 233 g/mol. The Morgan fingerprint density at radius 1 is 1.71 bits per heavy atom. The van der Waals surface area contributed by atoms with Crippen molar-refractivity contribution in [2.45, 2.75) is 26.8 Å². The molecule has 0 bridgehead atoms. The Bertz CT molecular complexity index is 452. The van der Waals surface area contributed by atoms with Crippen LogP contribution in [0, 0.1) is 19.3 Å². The topological polar surface area (TPSA) is 64.1 Å². The highest BCUT2D eigenvalue weighted by molar-refractivity contribution is 5.90. The van der Waals surface area contributed by atoms with E-state index in [2.05, 4.69) is 21.2 Å². The molecule has 0 aliphatic carbocycles. The van der Waals surface area contributed by atoms with Crippen LogP contribution in [0.25, 0.3) is 0 Å². The number of anilines is 1. The molecule has 90 valence electrons. The summed E-state index contributed by atoms with van der Waals surface area (Å²) in [7, 11) is 0. The van der Waals surface area contributed by atoms with Crippen LogP contribution in [0.2, 0.25) is 0 Å². The number of hydrogen-bond acceptors (Lipinski definition) is 5. The Morgan fingerprint density at radius 3 is 2.94 bits per heavy atom. The Kier molecular flexibility index (Phi) is 4.46. The molecule has 1 heterocycles. The number of carbonyl (C=O) groups excluding carboxylic acids is 1. The molecule has 1 unspecified atom stereocenters. The lowest BCUT2D eigenvalue weighted by molar-refractivity contribution is 0.0524. The molecule has 0 amide bonds. The van der Waals surface area contributed by atoms with E-state index in [1.54, 1.807) is 13.8 Å². The van der Waals surface area contributed by atoms with E-state index in [9.17, 15) is 4.79 Å². The lowest BCUT2D eigenvalue weighted by Crippen LogP contribution is -2.16. The van der Waals surface area contributed by atoms with Gasteiger partial charge in [-0.1, -0.05) is 5.92 Å². The van der Waals surface area contributed by atoms with E-state index < -0.39 is 5.97 Å². The van der Waals surface area contributed by atoms with Gasteiger partial charge in [-0.05, 0) is 20.8 Å². The van der Waals surface area contributed by atoms with E-state index in [0.717, 1.165) is 0 Å².